The van der Waals surface area contributed by atoms with E-state index in [9.17, 15) is 4.79 Å². The van der Waals surface area contributed by atoms with Crippen LogP contribution in [-0.2, 0) is 6.42 Å². The van der Waals surface area contributed by atoms with Gasteiger partial charge in [0, 0.05) is 5.56 Å². The van der Waals surface area contributed by atoms with Crippen LogP contribution in [0.1, 0.15) is 23.6 Å². The van der Waals surface area contributed by atoms with Crippen molar-refractivity contribution in [1.82, 2.24) is 9.38 Å². The van der Waals surface area contributed by atoms with Crippen LogP contribution in [0.25, 0.3) is 22.1 Å². The second kappa shape index (κ2) is 9.08. The molecule has 0 radical (unpaired) electrons. The number of ether oxygens (including phenoxy) is 2. The average molecular weight is 457 g/mol. The second-order valence-electron chi connectivity index (χ2n) is 7.88. The van der Waals surface area contributed by atoms with E-state index in [-0.39, 0.29) is 5.56 Å². The number of benzene rings is 3. The largest absolute Gasteiger partial charge is 0.490 e. The Hall–Kier alpha value is -3.64. The van der Waals surface area contributed by atoms with Crippen molar-refractivity contribution in [2.24, 2.45) is 0 Å². The van der Waals surface area contributed by atoms with Crippen molar-refractivity contribution in [2.45, 2.75) is 20.3 Å². The highest BCUT2D eigenvalue weighted by molar-refractivity contribution is 7.15. The van der Waals surface area contributed by atoms with E-state index >= 15 is 0 Å². The van der Waals surface area contributed by atoms with Gasteiger partial charge in [0.2, 0.25) is 0 Å². The minimum absolute atomic E-state index is 0.0620. The van der Waals surface area contributed by atoms with Crippen molar-refractivity contribution in [3.05, 3.63) is 98.3 Å². The molecule has 166 valence electrons. The summed E-state index contributed by atoms with van der Waals surface area (Å²) in [5, 5.41) is 0. The van der Waals surface area contributed by atoms with Gasteiger partial charge in [-0.05, 0) is 60.9 Å². The van der Waals surface area contributed by atoms with E-state index in [0.29, 0.717) is 22.7 Å². The zero-order valence-electron chi connectivity index (χ0n) is 18.6. The summed E-state index contributed by atoms with van der Waals surface area (Å²) in [4.78, 5) is 18.3. The van der Waals surface area contributed by atoms with Gasteiger partial charge in [0.1, 0.15) is 24.7 Å². The lowest BCUT2D eigenvalue weighted by atomic mass is 10.1. The molecule has 0 aliphatic heterocycles. The molecule has 5 aromatic rings. The Kier molecular flexibility index (Phi) is 5.84. The molecule has 2 heterocycles. The molecule has 0 aliphatic carbocycles. The molecule has 0 amide bonds. The fourth-order valence-corrected chi connectivity index (χ4v) is 4.89. The summed E-state index contributed by atoms with van der Waals surface area (Å²) in [7, 11) is 0. The Morgan fingerprint density at radius 2 is 1.79 bits per heavy atom. The normalized spacial score (nSPS) is 12.0. The van der Waals surface area contributed by atoms with Gasteiger partial charge in [-0.15, -0.1) is 0 Å². The van der Waals surface area contributed by atoms with Crippen LogP contribution in [0.15, 0.2) is 71.5 Å². The van der Waals surface area contributed by atoms with Gasteiger partial charge >= 0.3 is 0 Å². The summed E-state index contributed by atoms with van der Waals surface area (Å²) in [6, 6.07) is 21.7. The molecule has 0 saturated carbocycles. The van der Waals surface area contributed by atoms with E-state index < -0.39 is 0 Å². The van der Waals surface area contributed by atoms with Crippen LogP contribution in [0.3, 0.4) is 0 Å². The highest BCUT2D eigenvalue weighted by atomic mass is 32.1. The van der Waals surface area contributed by atoms with E-state index in [1.54, 1.807) is 4.40 Å². The third kappa shape index (κ3) is 4.34. The third-order valence-corrected chi connectivity index (χ3v) is 6.45. The Morgan fingerprint density at radius 1 is 1.00 bits per heavy atom. The number of para-hydroxylation sites is 3. The van der Waals surface area contributed by atoms with Crippen LogP contribution in [0.5, 0.6) is 11.5 Å². The molecule has 5 rings (SSSR count). The predicted molar refractivity (Wildman–Crippen MR) is 134 cm³/mol. The van der Waals surface area contributed by atoms with Crippen molar-refractivity contribution in [2.75, 3.05) is 13.2 Å². The van der Waals surface area contributed by atoms with Gasteiger partial charge in [-0.1, -0.05) is 54.7 Å². The lowest BCUT2D eigenvalue weighted by molar-refractivity contribution is 0.216. The Bertz CT molecular complexity index is 1550. The summed E-state index contributed by atoms with van der Waals surface area (Å²) < 4.78 is 14.2. The van der Waals surface area contributed by atoms with E-state index in [1.807, 2.05) is 60.7 Å². The summed E-state index contributed by atoms with van der Waals surface area (Å²) in [5.41, 5.74) is 4.90. The van der Waals surface area contributed by atoms with Crippen LogP contribution < -0.4 is 19.6 Å². The zero-order chi connectivity index (χ0) is 22.8. The van der Waals surface area contributed by atoms with Gasteiger partial charge in [0.05, 0.1) is 15.6 Å². The lowest BCUT2D eigenvalue weighted by Gasteiger charge is -2.11. The van der Waals surface area contributed by atoms with E-state index in [2.05, 4.69) is 31.0 Å². The maximum absolute atomic E-state index is 13.1. The number of fused-ring (bicyclic) bond motifs is 3. The topological polar surface area (TPSA) is 52.8 Å². The quantitative estimate of drug-likeness (QED) is 0.331. The van der Waals surface area contributed by atoms with E-state index in [1.165, 1.54) is 22.5 Å². The van der Waals surface area contributed by atoms with Crippen molar-refractivity contribution < 1.29 is 9.47 Å². The number of hydrogen-bond acceptors (Lipinski definition) is 5. The number of nitrogens with zero attached hydrogens (tertiary/aromatic N) is 2. The second-order valence-corrected chi connectivity index (χ2v) is 8.89. The van der Waals surface area contributed by atoms with Crippen LogP contribution in [0.4, 0.5) is 0 Å². The average Bonchev–Trinajstić information content (AvgIpc) is 3.33. The van der Waals surface area contributed by atoms with Crippen molar-refractivity contribution in [3.8, 4) is 11.5 Å². The first-order valence-electron chi connectivity index (χ1n) is 11.0. The number of rotatable bonds is 7. The van der Waals surface area contributed by atoms with Gasteiger partial charge in [-0.2, -0.15) is 0 Å². The summed E-state index contributed by atoms with van der Waals surface area (Å²) in [6.07, 6.45) is 2.85. The standard InChI is InChI=1S/C27H24N2O3S/c1-3-19-14-18(2)15-21(16-19)31-12-13-32-24-11-7-4-8-20(24)17-25-26(30)29-23-10-6-5-9-22(23)28-27(29)33-25/h4-11,14-17H,3,12-13H2,1-2H3. The SMILES string of the molecule is CCc1cc(C)cc(OCCOc2ccccc2C=c2sc3nc4ccccc4n3c2=O)c1. The number of hydrogen-bond donors (Lipinski definition) is 0. The number of aromatic nitrogens is 2. The van der Waals surface area contributed by atoms with Gasteiger partial charge < -0.3 is 9.47 Å². The maximum atomic E-state index is 13.1. The van der Waals surface area contributed by atoms with E-state index in [0.717, 1.165) is 34.5 Å². The smallest absolute Gasteiger partial charge is 0.274 e. The molecule has 5 nitrogen and oxygen atoms in total. The predicted octanol–water partition coefficient (Wildman–Crippen LogP) is 4.79. The molecular weight excluding hydrogens is 432 g/mol. The molecule has 0 atom stereocenters. The Labute approximate surface area is 195 Å². The van der Waals surface area contributed by atoms with Crippen LogP contribution in [-0.4, -0.2) is 22.6 Å². The maximum Gasteiger partial charge on any atom is 0.274 e. The first-order chi connectivity index (χ1) is 16.1. The highest BCUT2D eigenvalue weighted by Gasteiger charge is 2.11. The molecule has 3 aromatic carbocycles. The first kappa shape index (κ1) is 21.2. The minimum Gasteiger partial charge on any atom is -0.490 e. The fraction of sp³-hybridized carbons (Fsp3) is 0.185. The van der Waals surface area contributed by atoms with Crippen molar-refractivity contribution in [3.63, 3.8) is 0 Å². The number of aryl methyl sites for hydroxylation is 2. The van der Waals surface area contributed by atoms with Gasteiger partial charge in [0.15, 0.2) is 4.96 Å². The molecule has 0 bridgehead atoms. The highest BCUT2D eigenvalue weighted by Crippen LogP contribution is 2.21. The molecule has 0 saturated heterocycles. The first-order valence-corrected chi connectivity index (χ1v) is 11.8. The van der Waals surface area contributed by atoms with Crippen LogP contribution in [0.2, 0.25) is 0 Å². The molecule has 0 spiro atoms. The van der Waals surface area contributed by atoms with Gasteiger partial charge in [0.25, 0.3) is 5.56 Å². The lowest BCUT2D eigenvalue weighted by Crippen LogP contribution is -2.22. The molecule has 0 unspecified atom stereocenters. The molecule has 0 fully saturated rings. The van der Waals surface area contributed by atoms with Crippen LogP contribution in [0, 0.1) is 6.92 Å². The van der Waals surface area contributed by atoms with E-state index in [4.69, 9.17) is 9.47 Å². The Balaban J connectivity index is 1.35. The minimum atomic E-state index is -0.0620. The third-order valence-electron chi connectivity index (χ3n) is 5.48. The Morgan fingerprint density at radius 3 is 2.67 bits per heavy atom. The fourth-order valence-electron chi connectivity index (χ4n) is 3.91. The number of thiazole rings is 1. The van der Waals surface area contributed by atoms with Crippen molar-refractivity contribution >= 4 is 33.4 Å². The molecule has 0 aliphatic rings. The summed E-state index contributed by atoms with van der Waals surface area (Å²) in [5.74, 6) is 1.58. The monoisotopic (exact) mass is 456 g/mol. The van der Waals surface area contributed by atoms with Gasteiger partial charge in [-0.25, -0.2) is 9.38 Å². The molecule has 0 N–H and O–H groups in total. The van der Waals surface area contributed by atoms with Gasteiger partial charge in [-0.3, -0.25) is 4.79 Å². The summed E-state index contributed by atoms with van der Waals surface area (Å²) >= 11 is 1.39. The zero-order valence-corrected chi connectivity index (χ0v) is 19.4. The molecule has 6 heteroatoms. The molecule has 2 aromatic heterocycles. The van der Waals surface area contributed by atoms with Crippen LogP contribution >= 0.6 is 11.3 Å². The summed E-state index contributed by atoms with van der Waals surface area (Å²) in [6.45, 7) is 5.05. The number of imidazole rings is 1. The molecular formula is C27H24N2O3S. The molecule has 33 heavy (non-hydrogen) atoms. The van der Waals surface area contributed by atoms with Crippen molar-refractivity contribution in [1.29, 1.82) is 0 Å².